The number of furan rings is 1. The lowest BCUT2D eigenvalue weighted by molar-refractivity contribution is 0.115. The van der Waals surface area contributed by atoms with Gasteiger partial charge in [-0.1, -0.05) is 30.3 Å². The number of piperidine rings is 1. The van der Waals surface area contributed by atoms with Crippen molar-refractivity contribution in [3.05, 3.63) is 72.0 Å². The molecule has 0 amide bonds. The lowest BCUT2D eigenvalue weighted by atomic mass is 10.1. The van der Waals surface area contributed by atoms with Crippen LogP contribution in [0, 0.1) is 6.92 Å². The molecule has 0 unspecified atom stereocenters. The van der Waals surface area contributed by atoms with E-state index in [1.807, 2.05) is 67.6 Å². The first kappa shape index (κ1) is 22.3. The molecule has 1 aliphatic rings. The maximum atomic E-state index is 6.55. The summed E-state index contributed by atoms with van der Waals surface area (Å²) < 4.78 is 24.3. The zero-order chi connectivity index (χ0) is 23.5. The van der Waals surface area contributed by atoms with Crippen molar-refractivity contribution in [1.29, 1.82) is 0 Å². The highest BCUT2D eigenvalue weighted by Crippen LogP contribution is 2.39. The third-order valence-corrected chi connectivity index (χ3v) is 6.25. The third-order valence-electron chi connectivity index (χ3n) is 6.25. The summed E-state index contributed by atoms with van der Waals surface area (Å²) in [5.74, 6) is 3.65. The van der Waals surface area contributed by atoms with E-state index in [4.69, 9.17) is 23.6 Å². The largest absolute Gasteiger partial charge is 0.493 e. The highest BCUT2D eigenvalue weighted by molar-refractivity contribution is 5.90. The standard InChI is InChI=1S/C28H30N2O4/c1-19-9-10-25(33-19)24-17-26(34-21-11-13-30(2)14-12-21)22-15-27(31-3)28(16-23(22)29-24)32-18-20-7-5-4-6-8-20/h4-10,15-17,21H,11-14,18H2,1-3H3. The molecular formula is C28H30N2O4. The molecule has 6 nitrogen and oxygen atoms in total. The van der Waals surface area contributed by atoms with Gasteiger partial charge >= 0.3 is 0 Å². The zero-order valence-electron chi connectivity index (χ0n) is 19.9. The van der Waals surface area contributed by atoms with Crippen LogP contribution in [0.3, 0.4) is 0 Å². The predicted molar refractivity (Wildman–Crippen MR) is 133 cm³/mol. The van der Waals surface area contributed by atoms with Crippen LogP contribution in [0.15, 0.2) is 65.1 Å². The number of nitrogens with zero attached hydrogens (tertiary/aromatic N) is 2. The molecule has 2 aromatic heterocycles. The van der Waals surface area contributed by atoms with Crippen molar-refractivity contribution in [2.24, 2.45) is 0 Å². The van der Waals surface area contributed by atoms with E-state index in [0.717, 1.165) is 65.4 Å². The first-order valence-corrected chi connectivity index (χ1v) is 11.7. The molecule has 5 rings (SSSR count). The fourth-order valence-electron chi connectivity index (χ4n) is 4.29. The van der Waals surface area contributed by atoms with Gasteiger partial charge in [-0.15, -0.1) is 0 Å². The van der Waals surface area contributed by atoms with Gasteiger partial charge in [0, 0.05) is 30.6 Å². The smallest absolute Gasteiger partial charge is 0.163 e. The van der Waals surface area contributed by atoms with Gasteiger partial charge in [-0.05, 0) is 50.6 Å². The Labute approximate surface area is 200 Å². The van der Waals surface area contributed by atoms with Crippen LogP contribution in [0.5, 0.6) is 17.2 Å². The molecule has 0 radical (unpaired) electrons. The SMILES string of the molecule is COc1cc2c(OC3CCN(C)CC3)cc(-c3ccc(C)o3)nc2cc1OCc1ccccc1. The van der Waals surface area contributed by atoms with Crippen LogP contribution in [0.25, 0.3) is 22.4 Å². The van der Waals surface area contributed by atoms with E-state index < -0.39 is 0 Å². The van der Waals surface area contributed by atoms with Crippen LogP contribution in [0.2, 0.25) is 0 Å². The van der Waals surface area contributed by atoms with Crippen molar-refractivity contribution in [3.8, 4) is 28.7 Å². The first-order chi connectivity index (χ1) is 16.6. The summed E-state index contributed by atoms with van der Waals surface area (Å²) in [5, 5.41) is 0.898. The molecule has 0 spiro atoms. The predicted octanol–water partition coefficient (Wildman–Crippen LogP) is 5.86. The fraction of sp³-hybridized carbons (Fsp3) is 0.321. The van der Waals surface area contributed by atoms with E-state index in [1.54, 1.807) is 7.11 Å². The number of methoxy groups -OCH3 is 1. The number of ether oxygens (including phenoxy) is 3. The quantitative estimate of drug-likeness (QED) is 0.346. The second kappa shape index (κ2) is 9.77. The van der Waals surface area contributed by atoms with Crippen LogP contribution in [-0.2, 0) is 6.61 Å². The number of rotatable bonds is 7. The summed E-state index contributed by atoms with van der Waals surface area (Å²) >= 11 is 0. The molecule has 6 heteroatoms. The topological polar surface area (TPSA) is 57.0 Å². The van der Waals surface area contributed by atoms with Gasteiger partial charge in [-0.2, -0.15) is 0 Å². The number of aromatic nitrogens is 1. The van der Waals surface area contributed by atoms with Crippen molar-refractivity contribution in [2.45, 2.75) is 32.5 Å². The number of hydrogen-bond acceptors (Lipinski definition) is 6. The average molecular weight is 459 g/mol. The molecule has 3 heterocycles. The van der Waals surface area contributed by atoms with Gasteiger partial charge < -0.3 is 23.5 Å². The average Bonchev–Trinajstić information content (AvgIpc) is 3.30. The van der Waals surface area contributed by atoms with Crippen molar-refractivity contribution < 1.29 is 18.6 Å². The van der Waals surface area contributed by atoms with Crippen molar-refractivity contribution >= 4 is 10.9 Å². The van der Waals surface area contributed by atoms with E-state index in [-0.39, 0.29) is 6.10 Å². The van der Waals surface area contributed by atoms with Gasteiger partial charge in [0.05, 0.1) is 12.6 Å². The van der Waals surface area contributed by atoms with E-state index in [1.165, 1.54) is 0 Å². The number of likely N-dealkylation sites (tertiary alicyclic amines) is 1. The Morgan fingerprint density at radius 1 is 0.971 bits per heavy atom. The van der Waals surface area contributed by atoms with Gasteiger partial charge in [-0.3, -0.25) is 0 Å². The molecule has 2 aromatic carbocycles. The second-order valence-corrected chi connectivity index (χ2v) is 8.83. The van der Waals surface area contributed by atoms with Crippen molar-refractivity contribution in [2.75, 3.05) is 27.2 Å². The third kappa shape index (κ3) is 4.87. The molecule has 34 heavy (non-hydrogen) atoms. The van der Waals surface area contributed by atoms with Crippen LogP contribution in [0.1, 0.15) is 24.2 Å². The minimum atomic E-state index is 0.160. The Hall–Kier alpha value is -3.51. The highest BCUT2D eigenvalue weighted by Gasteiger charge is 2.21. The number of hydrogen-bond donors (Lipinski definition) is 0. The molecule has 0 N–H and O–H groups in total. The van der Waals surface area contributed by atoms with E-state index in [9.17, 15) is 0 Å². The Balaban J connectivity index is 1.54. The number of benzene rings is 2. The number of fused-ring (bicyclic) bond motifs is 1. The van der Waals surface area contributed by atoms with Crippen LogP contribution < -0.4 is 14.2 Å². The van der Waals surface area contributed by atoms with E-state index in [0.29, 0.717) is 18.1 Å². The summed E-state index contributed by atoms with van der Waals surface area (Å²) in [6.07, 6.45) is 2.14. The monoisotopic (exact) mass is 458 g/mol. The lowest BCUT2D eigenvalue weighted by Gasteiger charge is -2.29. The maximum Gasteiger partial charge on any atom is 0.163 e. The van der Waals surface area contributed by atoms with Gasteiger partial charge in [-0.25, -0.2) is 4.98 Å². The minimum absolute atomic E-state index is 0.160. The highest BCUT2D eigenvalue weighted by atomic mass is 16.5. The number of aryl methyl sites for hydroxylation is 1. The molecule has 0 saturated carbocycles. The Morgan fingerprint density at radius 2 is 1.76 bits per heavy atom. The minimum Gasteiger partial charge on any atom is -0.493 e. The number of pyridine rings is 1. The van der Waals surface area contributed by atoms with Crippen LogP contribution >= 0.6 is 0 Å². The Kier molecular flexibility index (Phi) is 6.41. The molecule has 1 saturated heterocycles. The summed E-state index contributed by atoms with van der Waals surface area (Å²) in [6, 6.07) is 19.8. The summed E-state index contributed by atoms with van der Waals surface area (Å²) in [7, 11) is 3.80. The summed E-state index contributed by atoms with van der Waals surface area (Å²) in [6.45, 7) is 4.43. The van der Waals surface area contributed by atoms with Crippen molar-refractivity contribution in [3.63, 3.8) is 0 Å². The molecular weight excluding hydrogens is 428 g/mol. The van der Waals surface area contributed by atoms with Gasteiger partial charge in [0.1, 0.15) is 29.9 Å². The molecule has 1 aliphatic heterocycles. The Morgan fingerprint density at radius 3 is 2.47 bits per heavy atom. The van der Waals surface area contributed by atoms with Gasteiger partial charge in [0.15, 0.2) is 17.3 Å². The van der Waals surface area contributed by atoms with Crippen LogP contribution in [0.4, 0.5) is 0 Å². The van der Waals surface area contributed by atoms with E-state index >= 15 is 0 Å². The maximum absolute atomic E-state index is 6.55. The van der Waals surface area contributed by atoms with Gasteiger partial charge in [0.2, 0.25) is 0 Å². The molecule has 0 bridgehead atoms. The fourth-order valence-corrected chi connectivity index (χ4v) is 4.29. The molecule has 1 fully saturated rings. The molecule has 0 atom stereocenters. The lowest BCUT2D eigenvalue weighted by Crippen LogP contribution is -2.35. The zero-order valence-corrected chi connectivity index (χ0v) is 19.9. The summed E-state index contributed by atoms with van der Waals surface area (Å²) in [4.78, 5) is 7.23. The molecule has 0 aliphatic carbocycles. The normalized spacial score (nSPS) is 14.9. The Bertz CT molecular complexity index is 1260. The molecule has 4 aromatic rings. The molecule has 176 valence electrons. The summed E-state index contributed by atoms with van der Waals surface area (Å²) in [5.41, 5.74) is 2.60. The second-order valence-electron chi connectivity index (χ2n) is 8.83. The first-order valence-electron chi connectivity index (χ1n) is 11.7. The van der Waals surface area contributed by atoms with Gasteiger partial charge in [0.25, 0.3) is 0 Å². The van der Waals surface area contributed by atoms with E-state index in [2.05, 4.69) is 11.9 Å². The van der Waals surface area contributed by atoms with Crippen molar-refractivity contribution in [1.82, 2.24) is 9.88 Å². The van der Waals surface area contributed by atoms with Crippen LogP contribution in [-0.4, -0.2) is 43.2 Å².